The van der Waals surface area contributed by atoms with Gasteiger partial charge in [0.15, 0.2) is 0 Å². The smallest absolute Gasteiger partial charge is 0.335 e. The van der Waals surface area contributed by atoms with Gasteiger partial charge in [0, 0.05) is 10.6 Å². The average molecular weight is 245 g/mol. The molecule has 2 aromatic carbocycles. The van der Waals surface area contributed by atoms with E-state index in [4.69, 9.17) is 5.11 Å². The zero-order valence-electron chi connectivity index (χ0n) is 8.91. The molecule has 0 fully saturated rings. The molecule has 4 heteroatoms. The molecule has 1 unspecified atom stereocenters. The van der Waals surface area contributed by atoms with Crippen LogP contribution in [-0.2, 0) is 4.57 Å². The Morgan fingerprint density at radius 3 is 1.94 bits per heavy atom. The van der Waals surface area contributed by atoms with Crippen molar-refractivity contribution in [1.29, 1.82) is 0 Å². The number of rotatable bonds is 3. The molecule has 0 bridgehead atoms. The van der Waals surface area contributed by atoms with Gasteiger partial charge in [-0.05, 0) is 36.4 Å². The molecule has 0 saturated carbocycles. The molecule has 85 valence electrons. The molecule has 2 aromatic rings. The summed E-state index contributed by atoms with van der Waals surface area (Å²) in [6.45, 7) is 0. The Kier molecular flexibility index (Phi) is 3.31. The van der Waals surface area contributed by atoms with E-state index in [1.807, 2.05) is 18.2 Å². The van der Waals surface area contributed by atoms with Crippen molar-refractivity contribution < 1.29 is 14.5 Å². The zero-order valence-corrected chi connectivity index (χ0v) is 9.80. The number of carbonyl (C=O) groups is 1. The van der Waals surface area contributed by atoms with E-state index in [-0.39, 0.29) is 5.56 Å². The second-order valence-electron chi connectivity index (χ2n) is 3.48. The van der Waals surface area contributed by atoms with Crippen molar-refractivity contribution in [3.8, 4) is 0 Å². The van der Waals surface area contributed by atoms with Gasteiger partial charge in [-0.15, -0.1) is 0 Å². The zero-order chi connectivity index (χ0) is 12.3. The molecule has 0 spiro atoms. The Labute approximate surface area is 99.5 Å². The molecule has 1 atom stereocenters. The van der Waals surface area contributed by atoms with E-state index in [1.54, 1.807) is 24.3 Å². The van der Waals surface area contributed by atoms with Crippen LogP contribution in [0.5, 0.6) is 0 Å². The highest BCUT2D eigenvalue weighted by atomic mass is 31.1. The van der Waals surface area contributed by atoms with Crippen LogP contribution in [0, 0.1) is 0 Å². The third kappa shape index (κ3) is 2.58. The Hall–Kier alpha value is -1.99. The minimum Gasteiger partial charge on any atom is -0.478 e. The normalized spacial score (nSPS) is 10.9. The number of carboxylic acids is 1. The lowest BCUT2D eigenvalue weighted by Gasteiger charge is -2.01. The Morgan fingerprint density at radius 1 is 0.882 bits per heavy atom. The van der Waals surface area contributed by atoms with Crippen molar-refractivity contribution in [2.24, 2.45) is 0 Å². The molecule has 0 aliphatic carbocycles. The molecule has 0 aliphatic heterocycles. The predicted molar refractivity (Wildman–Crippen MR) is 66.7 cm³/mol. The Bertz CT molecular complexity index is 547. The first-order valence-corrected chi connectivity index (χ1v) is 6.30. The molecule has 2 rings (SSSR count). The van der Waals surface area contributed by atoms with Crippen LogP contribution >= 0.6 is 7.80 Å². The van der Waals surface area contributed by atoms with Gasteiger partial charge in [-0.3, -0.25) is 4.57 Å². The van der Waals surface area contributed by atoms with E-state index in [1.165, 1.54) is 12.1 Å². The number of hydrogen-bond donors (Lipinski definition) is 1. The first kappa shape index (κ1) is 11.5. The molecule has 0 saturated heterocycles. The summed E-state index contributed by atoms with van der Waals surface area (Å²) in [6, 6.07) is 15.2. The van der Waals surface area contributed by atoms with Crippen molar-refractivity contribution in [3.63, 3.8) is 0 Å². The number of aromatic carboxylic acids is 1. The maximum Gasteiger partial charge on any atom is 0.335 e. The molecule has 3 nitrogen and oxygen atoms in total. The number of carboxylic acid groups (broad SMARTS) is 1. The summed E-state index contributed by atoms with van der Waals surface area (Å²) in [6.07, 6.45) is 0. The molecule has 0 heterocycles. The standard InChI is InChI=1S/C13H10O3P/c14-13(15)10-6-8-12(9-7-10)17(16)11-4-2-1-3-5-11/h1-9H,(H,14,15). The molecule has 1 radical (unpaired) electrons. The van der Waals surface area contributed by atoms with Gasteiger partial charge in [0.05, 0.1) is 5.56 Å². The number of hydrogen-bond acceptors (Lipinski definition) is 2. The quantitative estimate of drug-likeness (QED) is 0.843. The van der Waals surface area contributed by atoms with Gasteiger partial charge in [0.2, 0.25) is 0 Å². The van der Waals surface area contributed by atoms with Gasteiger partial charge in [0.1, 0.15) is 7.80 Å². The van der Waals surface area contributed by atoms with E-state index in [9.17, 15) is 9.36 Å². The lowest BCUT2D eigenvalue weighted by molar-refractivity contribution is 0.0697. The van der Waals surface area contributed by atoms with Crippen molar-refractivity contribution in [2.75, 3.05) is 0 Å². The van der Waals surface area contributed by atoms with Crippen molar-refractivity contribution in [1.82, 2.24) is 0 Å². The molecular weight excluding hydrogens is 235 g/mol. The summed E-state index contributed by atoms with van der Waals surface area (Å²) in [7, 11) is -1.65. The van der Waals surface area contributed by atoms with Crippen LogP contribution in [0.25, 0.3) is 0 Å². The minimum absolute atomic E-state index is 0.199. The van der Waals surface area contributed by atoms with Crippen LogP contribution in [0.4, 0.5) is 0 Å². The Morgan fingerprint density at radius 2 is 1.41 bits per heavy atom. The van der Waals surface area contributed by atoms with Crippen LogP contribution < -0.4 is 10.6 Å². The molecule has 1 N–H and O–H groups in total. The highest BCUT2D eigenvalue weighted by molar-refractivity contribution is 7.61. The third-order valence-electron chi connectivity index (χ3n) is 2.34. The van der Waals surface area contributed by atoms with Crippen LogP contribution in [0.15, 0.2) is 54.6 Å². The van der Waals surface area contributed by atoms with E-state index >= 15 is 0 Å². The Balaban J connectivity index is 2.30. The highest BCUT2D eigenvalue weighted by Gasteiger charge is 2.08. The van der Waals surface area contributed by atoms with Gasteiger partial charge in [0.25, 0.3) is 0 Å². The highest BCUT2D eigenvalue weighted by Crippen LogP contribution is 2.19. The maximum absolute atomic E-state index is 12.1. The van der Waals surface area contributed by atoms with Crippen LogP contribution in [0.3, 0.4) is 0 Å². The van der Waals surface area contributed by atoms with Crippen LogP contribution in [0.2, 0.25) is 0 Å². The second kappa shape index (κ2) is 4.89. The van der Waals surface area contributed by atoms with E-state index in [2.05, 4.69) is 0 Å². The van der Waals surface area contributed by atoms with Gasteiger partial charge < -0.3 is 5.11 Å². The summed E-state index contributed by atoms with van der Waals surface area (Å²) in [5.74, 6) is -0.980. The van der Waals surface area contributed by atoms with E-state index < -0.39 is 13.8 Å². The van der Waals surface area contributed by atoms with E-state index in [0.717, 1.165) is 5.30 Å². The lowest BCUT2D eigenvalue weighted by Crippen LogP contribution is -2.07. The largest absolute Gasteiger partial charge is 0.478 e. The monoisotopic (exact) mass is 245 g/mol. The van der Waals surface area contributed by atoms with Gasteiger partial charge >= 0.3 is 5.97 Å². The summed E-state index contributed by atoms with van der Waals surface area (Å²) in [4.78, 5) is 10.7. The fraction of sp³-hybridized carbons (Fsp3) is 0. The number of benzene rings is 2. The molecule has 0 aliphatic rings. The maximum atomic E-state index is 12.1. The van der Waals surface area contributed by atoms with Crippen molar-refractivity contribution in [3.05, 3.63) is 60.2 Å². The summed E-state index contributed by atoms with van der Waals surface area (Å²) < 4.78 is 12.1. The van der Waals surface area contributed by atoms with Gasteiger partial charge in [-0.2, -0.15) is 0 Å². The first-order chi connectivity index (χ1) is 8.18. The SMILES string of the molecule is O=C(O)c1ccc([P](=O)c2ccccc2)cc1. The summed E-state index contributed by atoms with van der Waals surface area (Å²) in [5.41, 5.74) is 0.199. The van der Waals surface area contributed by atoms with Crippen molar-refractivity contribution >= 4 is 24.4 Å². The molecule has 0 aromatic heterocycles. The topological polar surface area (TPSA) is 54.4 Å². The minimum atomic E-state index is -1.65. The van der Waals surface area contributed by atoms with E-state index in [0.29, 0.717) is 5.30 Å². The molecule has 17 heavy (non-hydrogen) atoms. The second-order valence-corrected chi connectivity index (χ2v) is 5.10. The molecular formula is C13H10O3P. The fourth-order valence-electron chi connectivity index (χ4n) is 1.45. The lowest BCUT2D eigenvalue weighted by atomic mass is 10.2. The third-order valence-corrected chi connectivity index (χ3v) is 3.87. The first-order valence-electron chi connectivity index (χ1n) is 5.04. The summed E-state index contributed by atoms with van der Waals surface area (Å²) >= 11 is 0. The average Bonchev–Trinajstić information content (AvgIpc) is 2.39. The van der Waals surface area contributed by atoms with Crippen molar-refractivity contribution in [2.45, 2.75) is 0 Å². The summed E-state index contributed by atoms with van der Waals surface area (Å²) in [5, 5.41) is 10.1. The van der Waals surface area contributed by atoms with Crippen LogP contribution in [0.1, 0.15) is 10.4 Å². The fourth-order valence-corrected chi connectivity index (χ4v) is 2.61. The van der Waals surface area contributed by atoms with Gasteiger partial charge in [-0.25, -0.2) is 4.79 Å². The van der Waals surface area contributed by atoms with Crippen LogP contribution in [-0.4, -0.2) is 11.1 Å². The predicted octanol–water partition coefficient (Wildman–Crippen LogP) is 2.16. The molecule has 0 amide bonds. The van der Waals surface area contributed by atoms with Gasteiger partial charge in [-0.1, -0.05) is 18.2 Å².